The van der Waals surface area contributed by atoms with Gasteiger partial charge in [0.2, 0.25) is 5.88 Å². The summed E-state index contributed by atoms with van der Waals surface area (Å²) in [4.78, 5) is 8.41. The van der Waals surface area contributed by atoms with Gasteiger partial charge in [0.25, 0.3) is 0 Å². The molecule has 5 nitrogen and oxygen atoms in total. The van der Waals surface area contributed by atoms with E-state index in [9.17, 15) is 0 Å². The molecular formula is C12H19N3O2. The molecule has 0 saturated carbocycles. The summed E-state index contributed by atoms with van der Waals surface area (Å²) in [7, 11) is 0. The van der Waals surface area contributed by atoms with E-state index in [2.05, 4.69) is 22.2 Å². The molecule has 17 heavy (non-hydrogen) atoms. The molecule has 0 aliphatic carbocycles. The molecule has 2 rings (SSSR count). The van der Waals surface area contributed by atoms with Crippen molar-refractivity contribution in [1.82, 2.24) is 9.97 Å². The Morgan fingerprint density at radius 1 is 1.59 bits per heavy atom. The molecule has 1 aromatic heterocycles. The third-order valence-corrected chi connectivity index (χ3v) is 2.80. The molecule has 0 radical (unpaired) electrons. The van der Waals surface area contributed by atoms with Crippen LogP contribution in [0.25, 0.3) is 0 Å². The van der Waals surface area contributed by atoms with Crippen LogP contribution in [0.2, 0.25) is 0 Å². The molecule has 5 heteroatoms. The fourth-order valence-electron chi connectivity index (χ4n) is 1.96. The Balaban J connectivity index is 1.94. The van der Waals surface area contributed by atoms with E-state index >= 15 is 0 Å². The zero-order valence-corrected chi connectivity index (χ0v) is 10.3. The van der Waals surface area contributed by atoms with Crippen LogP contribution in [0.15, 0.2) is 12.4 Å². The van der Waals surface area contributed by atoms with Crippen molar-refractivity contribution in [2.45, 2.75) is 38.8 Å². The molecule has 0 spiro atoms. The predicted octanol–water partition coefficient (Wildman–Crippen LogP) is 1.85. The monoisotopic (exact) mass is 237 g/mol. The van der Waals surface area contributed by atoms with Crippen LogP contribution in [-0.4, -0.2) is 35.3 Å². The minimum absolute atomic E-state index is 0.240. The highest BCUT2D eigenvalue weighted by Gasteiger charge is 2.22. The maximum atomic E-state index is 5.62. The Morgan fingerprint density at radius 3 is 3.18 bits per heavy atom. The second kappa shape index (κ2) is 5.82. The van der Waals surface area contributed by atoms with Crippen molar-refractivity contribution in [3.63, 3.8) is 0 Å². The first-order valence-electron chi connectivity index (χ1n) is 6.12. The van der Waals surface area contributed by atoms with Gasteiger partial charge in [-0.1, -0.05) is 0 Å². The van der Waals surface area contributed by atoms with Crippen molar-refractivity contribution < 1.29 is 9.47 Å². The second-order valence-corrected chi connectivity index (χ2v) is 4.16. The maximum absolute atomic E-state index is 5.62. The van der Waals surface area contributed by atoms with Crippen LogP contribution >= 0.6 is 0 Å². The fourth-order valence-corrected chi connectivity index (χ4v) is 1.96. The number of ether oxygens (including phenoxy) is 2. The van der Waals surface area contributed by atoms with E-state index in [0.29, 0.717) is 12.5 Å². The highest BCUT2D eigenvalue weighted by molar-refractivity contribution is 5.34. The number of anilines is 1. The molecule has 0 unspecified atom stereocenters. The van der Waals surface area contributed by atoms with E-state index in [1.54, 1.807) is 12.4 Å². The van der Waals surface area contributed by atoms with Crippen LogP contribution < -0.4 is 10.1 Å². The van der Waals surface area contributed by atoms with E-state index < -0.39 is 0 Å². The lowest BCUT2D eigenvalue weighted by atomic mass is 10.1. The minimum atomic E-state index is 0.240. The Kier molecular flexibility index (Phi) is 4.14. The van der Waals surface area contributed by atoms with Gasteiger partial charge in [0.05, 0.1) is 31.1 Å². The molecular weight excluding hydrogens is 218 g/mol. The van der Waals surface area contributed by atoms with E-state index in [0.717, 1.165) is 25.3 Å². The molecule has 1 N–H and O–H groups in total. The van der Waals surface area contributed by atoms with Crippen LogP contribution in [0.1, 0.15) is 26.7 Å². The molecule has 0 bridgehead atoms. The quantitative estimate of drug-likeness (QED) is 0.847. The lowest BCUT2D eigenvalue weighted by Crippen LogP contribution is -2.30. The van der Waals surface area contributed by atoms with Crippen molar-refractivity contribution in [3.05, 3.63) is 12.4 Å². The topological polar surface area (TPSA) is 56.3 Å². The molecule has 1 aromatic rings. The van der Waals surface area contributed by atoms with Gasteiger partial charge in [0.1, 0.15) is 5.82 Å². The van der Waals surface area contributed by atoms with Crippen LogP contribution in [0.4, 0.5) is 5.82 Å². The average molecular weight is 237 g/mol. The Morgan fingerprint density at radius 2 is 2.47 bits per heavy atom. The smallest absolute Gasteiger partial charge is 0.234 e. The summed E-state index contributed by atoms with van der Waals surface area (Å²) in [6.07, 6.45) is 5.83. The summed E-state index contributed by atoms with van der Waals surface area (Å²) in [5.41, 5.74) is 0. The summed E-state index contributed by atoms with van der Waals surface area (Å²) < 4.78 is 10.9. The molecule has 1 saturated heterocycles. The zero-order chi connectivity index (χ0) is 12.1. The summed E-state index contributed by atoms with van der Waals surface area (Å²) in [5, 5.41) is 3.30. The Bertz CT molecular complexity index is 353. The lowest BCUT2D eigenvalue weighted by molar-refractivity contribution is 0.0995. The van der Waals surface area contributed by atoms with Crippen molar-refractivity contribution in [1.29, 1.82) is 0 Å². The summed E-state index contributed by atoms with van der Waals surface area (Å²) in [5.74, 6) is 1.29. The fraction of sp³-hybridized carbons (Fsp3) is 0.667. The number of nitrogens with one attached hydrogen (secondary N) is 1. The van der Waals surface area contributed by atoms with E-state index in [1.165, 1.54) is 0 Å². The van der Waals surface area contributed by atoms with E-state index in [1.807, 2.05) is 6.92 Å². The lowest BCUT2D eigenvalue weighted by Gasteiger charge is -2.20. The van der Waals surface area contributed by atoms with Gasteiger partial charge in [-0.05, 0) is 26.7 Å². The third-order valence-electron chi connectivity index (χ3n) is 2.80. The first-order chi connectivity index (χ1) is 8.29. The normalized spacial score (nSPS) is 21.2. The molecule has 1 aliphatic heterocycles. The highest BCUT2D eigenvalue weighted by atomic mass is 16.5. The first-order valence-corrected chi connectivity index (χ1v) is 6.12. The van der Waals surface area contributed by atoms with Crippen molar-refractivity contribution >= 4 is 5.82 Å². The second-order valence-electron chi connectivity index (χ2n) is 4.16. The zero-order valence-electron chi connectivity index (χ0n) is 10.3. The molecule has 0 aromatic carbocycles. The van der Waals surface area contributed by atoms with Gasteiger partial charge in [-0.25, -0.2) is 0 Å². The van der Waals surface area contributed by atoms with Gasteiger partial charge in [-0.15, -0.1) is 0 Å². The van der Waals surface area contributed by atoms with Crippen molar-refractivity contribution in [2.24, 2.45) is 0 Å². The van der Waals surface area contributed by atoms with Gasteiger partial charge in [-0.3, -0.25) is 4.98 Å². The predicted molar refractivity (Wildman–Crippen MR) is 65.3 cm³/mol. The van der Waals surface area contributed by atoms with Crippen molar-refractivity contribution in [2.75, 3.05) is 18.5 Å². The number of aromatic nitrogens is 2. The van der Waals surface area contributed by atoms with Crippen LogP contribution in [-0.2, 0) is 4.74 Å². The van der Waals surface area contributed by atoms with Gasteiger partial charge in [0.15, 0.2) is 0 Å². The summed E-state index contributed by atoms with van der Waals surface area (Å²) in [6.45, 7) is 5.49. The number of rotatable bonds is 5. The molecule has 2 atom stereocenters. The SMILES string of the molecule is CCOc1cncc(N[C@H](C)[C@@H]2CCCO2)n1. The van der Waals surface area contributed by atoms with Crippen LogP contribution in [0.5, 0.6) is 5.88 Å². The molecule has 0 amide bonds. The van der Waals surface area contributed by atoms with Crippen LogP contribution in [0.3, 0.4) is 0 Å². The Hall–Kier alpha value is -1.36. The van der Waals surface area contributed by atoms with Crippen LogP contribution in [0, 0.1) is 0 Å². The third kappa shape index (κ3) is 3.30. The molecule has 94 valence electrons. The van der Waals surface area contributed by atoms with Gasteiger partial charge >= 0.3 is 0 Å². The first kappa shape index (κ1) is 12.1. The molecule has 2 heterocycles. The average Bonchev–Trinajstić information content (AvgIpc) is 2.83. The van der Waals surface area contributed by atoms with E-state index in [-0.39, 0.29) is 12.1 Å². The Labute approximate surface area is 102 Å². The molecule has 1 aliphatic rings. The number of hydrogen-bond donors (Lipinski definition) is 1. The highest BCUT2D eigenvalue weighted by Crippen LogP contribution is 2.18. The van der Waals surface area contributed by atoms with Gasteiger partial charge < -0.3 is 14.8 Å². The van der Waals surface area contributed by atoms with Crippen molar-refractivity contribution in [3.8, 4) is 5.88 Å². The maximum Gasteiger partial charge on any atom is 0.234 e. The largest absolute Gasteiger partial charge is 0.477 e. The van der Waals surface area contributed by atoms with E-state index in [4.69, 9.17) is 9.47 Å². The number of nitrogens with zero attached hydrogens (tertiary/aromatic N) is 2. The van der Waals surface area contributed by atoms with Gasteiger partial charge in [-0.2, -0.15) is 4.98 Å². The summed E-state index contributed by atoms with van der Waals surface area (Å²) in [6, 6.07) is 0.240. The number of hydrogen-bond acceptors (Lipinski definition) is 5. The minimum Gasteiger partial charge on any atom is -0.477 e. The standard InChI is InChI=1S/C12H19N3O2/c1-3-16-12-8-13-7-11(15-12)14-9(2)10-5-4-6-17-10/h7-10H,3-6H2,1-2H3,(H,14,15)/t9-,10+/m1/s1. The van der Waals surface area contributed by atoms with Gasteiger partial charge in [0, 0.05) is 6.61 Å². The molecule has 1 fully saturated rings. The summed E-state index contributed by atoms with van der Waals surface area (Å²) >= 11 is 0.